The third kappa shape index (κ3) is 2.25. The number of esters is 1. The second kappa shape index (κ2) is 4.40. The molecule has 1 heterocycles. The van der Waals surface area contributed by atoms with Crippen molar-refractivity contribution < 1.29 is 9.53 Å². The normalized spacial score (nSPS) is 10.9. The van der Waals surface area contributed by atoms with E-state index in [4.69, 9.17) is 10.00 Å². The van der Waals surface area contributed by atoms with E-state index in [2.05, 4.69) is 6.07 Å². The Balaban J connectivity index is 3.09. The van der Waals surface area contributed by atoms with E-state index in [0.717, 1.165) is 5.56 Å². The van der Waals surface area contributed by atoms with Crippen LogP contribution in [-0.4, -0.2) is 17.1 Å². The predicted molar refractivity (Wildman–Crippen MR) is 60.0 cm³/mol. The number of aryl methyl sites for hydroxylation is 1. The van der Waals surface area contributed by atoms with Gasteiger partial charge in [0.15, 0.2) is 0 Å². The molecule has 0 atom stereocenters. The first kappa shape index (κ1) is 12.3. The van der Waals surface area contributed by atoms with Gasteiger partial charge in [0.25, 0.3) is 0 Å². The summed E-state index contributed by atoms with van der Waals surface area (Å²) in [5.74, 6) is -0.356. The van der Waals surface area contributed by atoms with Crippen molar-refractivity contribution in [1.82, 2.24) is 4.57 Å². The molecule has 0 spiro atoms. The van der Waals surface area contributed by atoms with Gasteiger partial charge in [-0.25, -0.2) is 4.79 Å². The molecule has 0 aromatic carbocycles. The van der Waals surface area contributed by atoms with Gasteiger partial charge in [0.05, 0.1) is 18.1 Å². The van der Waals surface area contributed by atoms with E-state index in [0.29, 0.717) is 12.3 Å². The maximum atomic E-state index is 11.6. The van der Waals surface area contributed by atoms with Gasteiger partial charge >= 0.3 is 5.97 Å². The van der Waals surface area contributed by atoms with Gasteiger partial charge in [-0.2, -0.15) is 5.26 Å². The van der Waals surface area contributed by atoms with Gasteiger partial charge in [-0.3, -0.25) is 0 Å². The molecule has 0 radical (unpaired) electrons. The molecular formula is C12H16N2O2. The summed E-state index contributed by atoms with van der Waals surface area (Å²) >= 11 is 0. The quantitative estimate of drug-likeness (QED) is 0.732. The van der Waals surface area contributed by atoms with Crippen LogP contribution in [-0.2, 0) is 17.2 Å². The Hall–Kier alpha value is -1.76. The molecule has 0 aliphatic heterocycles. The summed E-state index contributed by atoms with van der Waals surface area (Å²) in [4.78, 5) is 11.6. The van der Waals surface area contributed by atoms with Crippen molar-refractivity contribution in [2.45, 2.75) is 26.2 Å². The number of carbonyl (C=O) groups excluding carboxylic acids is 1. The molecule has 0 aliphatic carbocycles. The SMILES string of the molecule is CCOC(=O)c1cc(C(C)(C)C#N)cn1C. The molecular weight excluding hydrogens is 204 g/mol. The van der Waals surface area contributed by atoms with Gasteiger partial charge in [-0.15, -0.1) is 0 Å². The highest BCUT2D eigenvalue weighted by atomic mass is 16.5. The van der Waals surface area contributed by atoms with Crippen LogP contribution in [0.3, 0.4) is 0 Å². The molecule has 0 fully saturated rings. The van der Waals surface area contributed by atoms with Gasteiger partial charge in [-0.1, -0.05) is 0 Å². The van der Waals surface area contributed by atoms with Crippen molar-refractivity contribution in [1.29, 1.82) is 5.26 Å². The maximum Gasteiger partial charge on any atom is 0.354 e. The molecule has 1 rings (SSSR count). The van der Waals surface area contributed by atoms with Crippen LogP contribution in [0, 0.1) is 11.3 Å². The minimum absolute atomic E-state index is 0.348. The Labute approximate surface area is 95.4 Å². The molecule has 4 nitrogen and oxygen atoms in total. The van der Waals surface area contributed by atoms with Crippen molar-refractivity contribution in [2.24, 2.45) is 7.05 Å². The molecule has 1 aromatic heterocycles. The summed E-state index contributed by atoms with van der Waals surface area (Å²) < 4.78 is 6.61. The van der Waals surface area contributed by atoms with Crippen LogP contribution in [0.4, 0.5) is 0 Å². The Morgan fingerprint density at radius 3 is 2.75 bits per heavy atom. The van der Waals surface area contributed by atoms with Crippen molar-refractivity contribution in [3.8, 4) is 6.07 Å². The second-order valence-corrected chi connectivity index (χ2v) is 4.18. The number of aromatic nitrogens is 1. The summed E-state index contributed by atoms with van der Waals surface area (Å²) in [6.07, 6.45) is 1.79. The summed E-state index contributed by atoms with van der Waals surface area (Å²) in [6, 6.07) is 3.91. The van der Waals surface area contributed by atoms with Gasteiger partial charge in [-0.05, 0) is 32.4 Å². The van der Waals surface area contributed by atoms with E-state index < -0.39 is 5.41 Å². The molecule has 0 saturated heterocycles. The summed E-state index contributed by atoms with van der Waals surface area (Å²) in [5.41, 5.74) is 0.698. The lowest BCUT2D eigenvalue weighted by Crippen LogP contribution is -2.12. The Kier molecular flexibility index (Phi) is 3.38. The largest absolute Gasteiger partial charge is 0.461 e. The highest BCUT2D eigenvalue weighted by Crippen LogP contribution is 2.24. The Morgan fingerprint density at radius 1 is 1.62 bits per heavy atom. The fraction of sp³-hybridized carbons (Fsp3) is 0.500. The standard InChI is InChI=1S/C12H16N2O2/c1-5-16-11(15)10-6-9(7-14(10)4)12(2,3)8-13/h6-7H,5H2,1-4H3. The zero-order valence-corrected chi connectivity index (χ0v) is 10.1. The van der Waals surface area contributed by atoms with Gasteiger partial charge < -0.3 is 9.30 Å². The van der Waals surface area contributed by atoms with Crippen molar-refractivity contribution in [3.63, 3.8) is 0 Å². The third-order valence-electron chi connectivity index (χ3n) is 2.49. The van der Waals surface area contributed by atoms with Crippen LogP contribution >= 0.6 is 0 Å². The third-order valence-corrected chi connectivity index (χ3v) is 2.49. The van der Waals surface area contributed by atoms with E-state index >= 15 is 0 Å². The maximum absolute atomic E-state index is 11.6. The van der Waals surface area contributed by atoms with Crippen LogP contribution < -0.4 is 0 Å². The minimum Gasteiger partial charge on any atom is -0.461 e. The van der Waals surface area contributed by atoms with Crippen LogP contribution in [0.1, 0.15) is 36.8 Å². The zero-order valence-electron chi connectivity index (χ0n) is 10.1. The highest BCUT2D eigenvalue weighted by Gasteiger charge is 2.24. The number of rotatable bonds is 3. The van der Waals surface area contributed by atoms with Gasteiger partial charge in [0, 0.05) is 13.2 Å². The van der Waals surface area contributed by atoms with E-state index in [9.17, 15) is 4.79 Å². The minimum atomic E-state index is -0.595. The van der Waals surface area contributed by atoms with E-state index in [1.165, 1.54) is 0 Å². The number of hydrogen-bond acceptors (Lipinski definition) is 3. The lowest BCUT2D eigenvalue weighted by Gasteiger charge is -2.11. The number of nitriles is 1. The first-order valence-corrected chi connectivity index (χ1v) is 5.17. The van der Waals surface area contributed by atoms with E-state index in [1.807, 2.05) is 13.8 Å². The average Bonchev–Trinajstić information content (AvgIpc) is 2.61. The first-order chi connectivity index (χ1) is 7.42. The fourth-order valence-electron chi connectivity index (χ4n) is 1.38. The molecule has 0 saturated carbocycles. The Bertz CT molecular complexity index is 438. The highest BCUT2D eigenvalue weighted by molar-refractivity contribution is 5.88. The molecule has 0 aliphatic rings. The monoisotopic (exact) mass is 220 g/mol. The fourth-order valence-corrected chi connectivity index (χ4v) is 1.38. The molecule has 1 aromatic rings. The van der Waals surface area contributed by atoms with Crippen molar-refractivity contribution >= 4 is 5.97 Å². The van der Waals surface area contributed by atoms with Crippen molar-refractivity contribution in [2.75, 3.05) is 6.61 Å². The van der Waals surface area contributed by atoms with Gasteiger partial charge in [0.1, 0.15) is 5.69 Å². The molecule has 0 unspecified atom stereocenters. The summed E-state index contributed by atoms with van der Waals surface area (Å²) in [7, 11) is 1.77. The Morgan fingerprint density at radius 2 is 2.25 bits per heavy atom. The van der Waals surface area contributed by atoms with Crippen LogP contribution in [0.15, 0.2) is 12.3 Å². The predicted octanol–water partition coefficient (Wildman–Crippen LogP) is 2.00. The molecule has 16 heavy (non-hydrogen) atoms. The van der Waals surface area contributed by atoms with E-state index in [-0.39, 0.29) is 5.97 Å². The van der Waals surface area contributed by atoms with Gasteiger partial charge in [0.2, 0.25) is 0 Å². The lowest BCUT2D eigenvalue weighted by atomic mass is 9.88. The topological polar surface area (TPSA) is 55.0 Å². The second-order valence-electron chi connectivity index (χ2n) is 4.18. The smallest absolute Gasteiger partial charge is 0.354 e. The van der Waals surface area contributed by atoms with E-state index in [1.54, 1.807) is 30.8 Å². The van der Waals surface area contributed by atoms with Crippen LogP contribution in [0.5, 0.6) is 0 Å². The molecule has 4 heteroatoms. The lowest BCUT2D eigenvalue weighted by molar-refractivity contribution is 0.0515. The van der Waals surface area contributed by atoms with Crippen molar-refractivity contribution in [3.05, 3.63) is 23.5 Å². The number of nitrogens with zero attached hydrogens (tertiary/aromatic N) is 2. The molecule has 0 bridgehead atoms. The number of carbonyl (C=O) groups is 1. The first-order valence-electron chi connectivity index (χ1n) is 5.17. The number of hydrogen-bond donors (Lipinski definition) is 0. The summed E-state index contributed by atoms with van der Waals surface area (Å²) in [6.45, 7) is 5.75. The molecule has 86 valence electrons. The summed E-state index contributed by atoms with van der Waals surface area (Å²) in [5, 5.41) is 9.01. The zero-order chi connectivity index (χ0) is 12.3. The average molecular weight is 220 g/mol. The number of ether oxygens (including phenoxy) is 1. The van der Waals surface area contributed by atoms with Crippen LogP contribution in [0.25, 0.3) is 0 Å². The van der Waals surface area contributed by atoms with Crippen LogP contribution in [0.2, 0.25) is 0 Å². The molecule has 0 N–H and O–H groups in total. The molecule has 0 amide bonds.